The molecule has 7 aliphatic rings. The van der Waals surface area contributed by atoms with Crippen molar-refractivity contribution in [1.29, 1.82) is 0 Å². The predicted molar refractivity (Wildman–Crippen MR) is 165 cm³/mol. The summed E-state index contributed by atoms with van der Waals surface area (Å²) in [5.74, 6) is -0.163. The summed E-state index contributed by atoms with van der Waals surface area (Å²) in [4.78, 5) is 12.7. The molecule has 268 valence electrons. The van der Waals surface area contributed by atoms with Crippen molar-refractivity contribution in [3.63, 3.8) is 0 Å². The molecule has 4 aliphatic carbocycles. The number of aliphatic hydroxyl groups excluding tert-OH is 4. The third-order valence-electron chi connectivity index (χ3n) is 14.3. The number of hydrogen-bond donors (Lipinski definition) is 4. The van der Waals surface area contributed by atoms with Crippen molar-refractivity contribution in [2.45, 2.75) is 171 Å². The largest absolute Gasteiger partial charge is 0.390 e. The first-order valence-corrected chi connectivity index (χ1v) is 17.8. The highest BCUT2D eigenvalue weighted by atomic mass is 16.7. The smallest absolute Gasteiger partial charge is 0.187 e. The lowest BCUT2D eigenvalue weighted by Gasteiger charge is -2.61. The molecule has 3 aliphatic heterocycles. The molecular weight excluding hydrogens is 612 g/mol. The lowest BCUT2D eigenvalue weighted by molar-refractivity contribution is -0.343. The molecule has 7 fully saturated rings. The Morgan fingerprint density at radius 2 is 1.55 bits per heavy atom. The minimum absolute atomic E-state index is 0.0406. The van der Waals surface area contributed by atoms with E-state index in [1.807, 2.05) is 13.8 Å². The van der Waals surface area contributed by atoms with Crippen molar-refractivity contribution >= 4 is 5.78 Å². The van der Waals surface area contributed by atoms with Gasteiger partial charge in [0.05, 0.1) is 36.6 Å². The highest BCUT2D eigenvalue weighted by Gasteiger charge is 2.90. The number of carbonyl (C=O) groups excluding carboxylic acids is 1. The van der Waals surface area contributed by atoms with Crippen molar-refractivity contribution in [1.82, 2.24) is 0 Å². The molecule has 0 aromatic rings. The second kappa shape index (κ2) is 11.9. The molecule has 7 rings (SSSR count). The Balaban J connectivity index is 1.01. The topological polar surface area (TPSA) is 166 Å². The van der Waals surface area contributed by atoms with Gasteiger partial charge in [0.2, 0.25) is 0 Å². The SMILES string of the molecule is COC1CC(OC2CC[C@@]3(C)[C@H](CC[C@@]45O[C@@]46CC[C@H](C(C)=O)[C@@]6(C)C(O)C(O)[C@@H]35)C2)OC(C)C1OC1OC(C)C(O)C(OC)C1O. The lowest BCUT2D eigenvalue weighted by Crippen LogP contribution is -2.69. The molecule has 47 heavy (non-hydrogen) atoms. The Labute approximate surface area is 277 Å². The maximum atomic E-state index is 12.7. The van der Waals surface area contributed by atoms with Crippen LogP contribution in [0.1, 0.15) is 86.0 Å². The van der Waals surface area contributed by atoms with E-state index < -0.39 is 78.0 Å². The van der Waals surface area contributed by atoms with Gasteiger partial charge in [0.25, 0.3) is 0 Å². The standard InChI is InChI=1S/C35H56O12/c1-16(36)21-10-13-35-33(21,5)30(40)26(39)29-32(4)11-9-20(14-19(32)8-12-34(29,35)47-35)45-23-15-22(41-6)27(18(3)43-23)46-31-25(38)28(42-7)24(37)17(2)44-31/h17-31,37-40H,8-15H2,1-7H3/t17?,18?,19-,20?,21-,22?,23?,24?,25?,26?,27?,28?,29+,30?,31?,32+,33+,34+,35-/m1/s1. The first-order valence-electron chi connectivity index (χ1n) is 17.8. The van der Waals surface area contributed by atoms with E-state index in [4.69, 9.17) is 33.2 Å². The normalized spacial score (nSPS) is 58.6. The second-order valence-electron chi connectivity index (χ2n) is 16.3. The molecule has 0 amide bonds. The summed E-state index contributed by atoms with van der Waals surface area (Å²) >= 11 is 0. The third-order valence-corrected chi connectivity index (χ3v) is 14.3. The van der Waals surface area contributed by atoms with Crippen LogP contribution in [0.25, 0.3) is 0 Å². The summed E-state index contributed by atoms with van der Waals surface area (Å²) in [6.07, 6.45) is -2.44. The summed E-state index contributed by atoms with van der Waals surface area (Å²) in [7, 11) is 3.05. The number of methoxy groups -OCH3 is 2. The summed E-state index contributed by atoms with van der Waals surface area (Å²) in [6.45, 7) is 9.45. The van der Waals surface area contributed by atoms with Crippen molar-refractivity contribution < 1.29 is 58.4 Å². The van der Waals surface area contributed by atoms with Crippen LogP contribution >= 0.6 is 0 Å². The Bertz CT molecular complexity index is 1200. The summed E-state index contributed by atoms with van der Waals surface area (Å²) in [5.41, 5.74) is -2.07. The Hall–Kier alpha value is -0.770. The summed E-state index contributed by atoms with van der Waals surface area (Å²) < 4.78 is 43.0. The number of aliphatic hydroxyl groups is 4. The van der Waals surface area contributed by atoms with E-state index in [0.717, 1.165) is 38.5 Å². The van der Waals surface area contributed by atoms with Crippen LogP contribution in [0.5, 0.6) is 0 Å². The minimum Gasteiger partial charge on any atom is -0.390 e. The quantitative estimate of drug-likeness (QED) is 0.230. The number of carbonyl (C=O) groups is 1. The number of fused-ring (bicyclic) bond motifs is 2. The first-order chi connectivity index (χ1) is 22.2. The average molecular weight is 669 g/mol. The van der Waals surface area contributed by atoms with Crippen LogP contribution in [0, 0.1) is 28.6 Å². The zero-order valence-corrected chi connectivity index (χ0v) is 28.9. The van der Waals surface area contributed by atoms with Crippen LogP contribution in [0.15, 0.2) is 0 Å². The van der Waals surface area contributed by atoms with Gasteiger partial charge < -0.3 is 53.6 Å². The molecule has 12 heteroatoms. The minimum atomic E-state index is -1.19. The summed E-state index contributed by atoms with van der Waals surface area (Å²) in [5, 5.41) is 44.7. The third kappa shape index (κ3) is 4.76. The molecule has 0 radical (unpaired) electrons. The van der Waals surface area contributed by atoms with E-state index in [2.05, 4.69) is 6.92 Å². The van der Waals surface area contributed by atoms with Gasteiger partial charge in [-0.3, -0.25) is 4.79 Å². The highest BCUT2D eigenvalue weighted by molar-refractivity contribution is 5.80. The molecule has 12 unspecified atom stereocenters. The molecule has 4 N–H and O–H groups in total. The van der Waals surface area contributed by atoms with Crippen LogP contribution in [-0.2, 0) is 38.0 Å². The highest BCUT2D eigenvalue weighted by Crippen LogP contribution is 2.81. The van der Waals surface area contributed by atoms with Gasteiger partial charge in [-0.25, -0.2) is 0 Å². The van der Waals surface area contributed by atoms with Crippen molar-refractivity contribution in [3.8, 4) is 0 Å². The Morgan fingerprint density at radius 3 is 2.23 bits per heavy atom. The molecule has 3 saturated heterocycles. The fraction of sp³-hybridized carbons (Fsp3) is 0.971. The van der Waals surface area contributed by atoms with Crippen LogP contribution < -0.4 is 0 Å². The molecule has 19 atom stereocenters. The molecule has 12 nitrogen and oxygen atoms in total. The van der Waals surface area contributed by atoms with E-state index in [1.165, 1.54) is 7.11 Å². The number of rotatable bonds is 7. The monoisotopic (exact) mass is 668 g/mol. The maximum absolute atomic E-state index is 12.7. The molecule has 4 saturated carbocycles. The fourth-order valence-electron chi connectivity index (χ4n) is 11.9. The van der Waals surface area contributed by atoms with Crippen molar-refractivity contribution in [2.24, 2.45) is 28.6 Å². The van der Waals surface area contributed by atoms with Crippen LogP contribution in [0.2, 0.25) is 0 Å². The van der Waals surface area contributed by atoms with Crippen LogP contribution in [0.3, 0.4) is 0 Å². The molecule has 3 heterocycles. The first kappa shape index (κ1) is 34.7. The second-order valence-corrected chi connectivity index (χ2v) is 16.3. The molecule has 0 aromatic heterocycles. The van der Waals surface area contributed by atoms with E-state index in [9.17, 15) is 25.2 Å². The Morgan fingerprint density at radius 1 is 0.809 bits per heavy atom. The fourth-order valence-corrected chi connectivity index (χ4v) is 11.9. The number of Topliss-reactive ketones (excluding diaryl/α,β-unsaturated/α-hetero) is 1. The lowest BCUT2D eigenvalue weighted by atomic mass is 9.43. The van der Waals surface area contributed by atoms with Crippen LogP contribution in [0.4, 0.5) is 0 Å². The van der Waals surface area contributed by atoms with Crippen LogP contribution in [-0.4, -0.2) is 125 Å². The molecular formula is C35H56O12. The number of hydrogen-bond acceptors (Lipinski definition) is 12. The predicted octanol–water partition coefficient (Wildman–Crippen LogP) is 1.85. The Kier molecular flexibility index (Phi) is 8.78. The van der Waals surface area contributed by atoms with Gasteiger partial charge in [0, 0.05) is 37.9 Å². The van der Waals surface area contributed by atoms with E-state index in [0.29, 0.717) is 12.8 Å². The van der Waals surface area contributed by atoms with Crippen molar-refractivity contribution in [3.05, 3.63) is 0 Å². The zero-order valence-electron chi connectivity index (χ0n) is 28.9. The van der Waals surface area contributed by atoms with Gasteiger partial charge in [-0.2, -0.15) is 0 Å². The van der Waals surface area contributed by atoms with Gasteiger partial charge in [-0.1, -0.05) is 13.8 Å². The van der Waals surface area contributed by atoms with E-state index in [1.54, 1.807) is 21.0 Å². The van der Waals surface area contributed by atoms with Gasteiger partial charge in [-0.15, -0.1) is 0 Å². The van der Waals surface area contributed by atoms with Gasteiger partial charge in [-0.05, 0) is 77.0 Å². The number of ether oxygens (including phenoxy) is 7. The van der Waals surface area contributed by atoms with Crippen molar-refractivity contribution in [2.75, 3.05) is 14.2 Å². The maximum Gasteiger partial charge on any atom is 0.187 e. The summed E-state index contributed by atoms with van der Waals surface area (Å²) in [6, 6.07) is 0. The van der Waals surface area contributed by atoms with Gasteiger partial charge in [0.15, 0.2) is 12.6 Å². The molecule has 0 aromatic carbocycles. The van der Waals surface area contributed by atoms with Gasteiger partial charge in [0.1, 0.15) is 41.4 Å². The zero-order chi connectivity index (χ0) is 33.8. The number of epoxide rings is 1. The molecule has 0 bridgehead atoms. The number of ketones is 1. The van der Waals surface area contributed by atoms with E-state index in [-0.39, 0.29) is 41.2 Å². The van der Waals surface area contributed by atoms with E-state index >= 15 is 0 Å². The average Bonchev–Trinajstić information content (AvgIpc) is 3.57. The molecule has 2 spiro atoms. The van der Waals surface area contributed by atoms with Gasteiger partial charge >= 0.3 is 0 Å².